The number of nitrogens with one attached hydrogen (secondary N) is 1. The normalized spacial score (nSPS) is 11.4. The van der Waals surface area contributed by atoms with Gasteiger partial charge in [-0.05, 0) is 31.0 Å². The maximum absolute atomic E-state index is 12.5. The number of aryl methyl sites for hydroxylation is 1. The van der Waals surface area contributed by atoms with Crippen molar-refractivity contribution in [2.45, 2.75) is 27.2 Å². The first-order valence-electron chi connectivity index (χ1n) is 7.73. The summed E-state index contributed by atoms with van der Waals surface area (Å²) in [7, 11) is 1.56. The van der Waals surface area contributed by atoms with Crippen LogP contribution in [-0.4, -0.2) is 26.7 Å². The second-order valence-corrected chi connectivity index (χ2v) is 6.53. The molecule has 0 aliphatic heterocycles. The van der Waals surface area contributed by atoms with Gasteiger partial charge in [0.15, 0.2) is 11.3 Å². The zero-order valence-corrected chi connectivity index (χ0v) is 14.8. The van der Waals surface area contributed by atoms with Crippen molar-refractivity contribution in [2.75, 3.05) is 7.11 Å². The first-order chi connectivity index (χ1) is 11.4. The van der Waals surface area contributed by atoms with E-state index in [-0.39, 0.29) is 5.56 Å². The Labute approximate surface area is 144 Å². The monoisotopic (exact) mass is 346 g/mol. The standard InChI is InChI=1S/C17H19ClN4O2/c1-9(2)7-14-19-10(3)15-17(23)20-16(21-22(14)15)11-5-6-13(24-4)12(18)8-11/h5-6,8-9H,7H2,1-4H3,(H,20,21,23). The molecule has 2 aromatic heterocycles. The van der Waals surface area contributed by atoms with Gasteiger partial charge in [-0.1, -0.05) is 25.4 Å². The predicted molar refractivity (Wildman–Crippen MR) is 93.9 cm³/mol. The lowest BCUT2D eigenvalue weighted by Gasteiger charge is -2.07. The Balaban J connectivity index is 2.19. The molecule has 126 valence electrons. The number of H-pyrrole nitrogens is 1. The quantitative estimate of drug-likeness (QED) is 0.787. The molecule has 1 N–H and O–H groups in total. The third-order valence-corrected chi connectivity index (χ3v) is 4.05. The molecule has 3 aromatic rings. The summed E-state index contributed by atoms with van der Waals surface area (Å²) in [5.41, 5.74) is 1.65. The largest absolute Gasteiger partial charge is 0.495 e. The third kappa shape index (κ3) is 2.89. The highest BCUT2D eigenvalue weighted by atomic mass is 35.5. The van der Waals surface area contributed by atoms with Crippen LogP contribution >= 0.6 is 11.6 Å². The van der Waals surface area contributed by atoms with E-state index >= 15 is 0 Å². The molecule has 24 heavy (non-hydrogen) atoms. The summed E-state index contributed by atoms with van der Waals surface area (Å²) in [6.07, 6.45) is 0.744. The molecule has 0 atom stereocenters. The predicted octanol–water partition coefficient (Wildman–Crippen LogP) is 3.25. The van der Waals surface area contributed by atoms with Crippen LogP contribution in [0.15, 0.2) is 23.0 Å². The minimum atomic E-state index is -0.216. The minimum Gasteiger partial charge on any atom is -0.495 e. The van der Waals surface area contributed by atoms with Crippen molar-refractivity contribution in [1.82, 2.24) is 19.6 Å². The fourth-order valence-corrected chi connectivity index (χ4v) is 2.93. The lowest BCUT2D eigenvalue weighted by Crippen LogP contribution is -2.16. The first kappa shape index (κ1) is 16.5. The van der Waals surface area contributed by atoms with Crippen molar-refractivity contribution in [3.8, 4) is 17.1 Å². The van der Waals surface area contributed by atoms with E-state index in [1.165, 1.54) is 0 Å². The fourth-order valence-electron chi connectivity index (χ4n) is 2.68. The van der Waals surface area contributed by atoms with E-state index < -0.39 is 0 Å². The lowest BCUT2D eigenvalue weighted by atomic mass is 10.1. The van der Waals surface area contributed by atoms with Gasteiger partial charge in [0.1, 0.15) is 11.6 Å². The lowest BCUT2D eigenvalue weighted by molar-refractivity contribution is 0.415. The van der Waals surface area contributed by atoms with Gasteiger partial charge in [-0.25, -0.2) is 9.50 Å². The number of ether oxygens (including phenoxy) is 1. The van der Waals surface area contributed by atoms with Crippen LogP contribution in [0.25, 0.3) is 16.9 Å². The van der Waals surface area contributed by atoms with E-state index in [9.17, 15) is 4.79 Å². The molecule has 0 radical (unpaired) electrons. The highest BCUT2D eigenvalue weighted by Crippen LogP contribution is 2.28. The highest BCUT2D eigenvalue weighted by molar-refractivity contribution is 6.32. The number of halogens is 1. The number of imidazole rings is 1. The van der Waals surface area contributed by atoms with E-state index in [0.717, 1.165) is 12.2 Å². The number of hydrogen-bond donors (Lipinski definition) is 1. The Morgan fingerprint density at radius 3 is 2.75 bits per heavy atom. The van der Waals surface area contributed by atoms with Gasteiger partial charge < -0.3 is 9.72 Å². The zero-order chi connectivity index (χ0) is 17.4. The number of nitrogens with zero attached hydrogens (tertiary/aromatic N) is 3. The molecule has 3 rings (SSSR count). The van der Waals surface area contributed by atoms with Crippen molar-refractivity contribution in [2.24, 2.45) is 5.92 Å². The third-order valence-electron chi connectivity index (χ3n) is 3.76. The van der Waals surface area contributed by atoms with Gasteiger partial charge in [0, 0.05) is 12.0 Å². The van der Waals surface area contributed by atoms with Gasteiger partial charge >= 0.3 is 0 Å². The maximum Gasteiger partial charge on any atom is 0.277 e. The van der Waals surface area contributed by atoms with E-state index in [0.29, 0.717) is 39.3 Å². The number of benzene rings is 1. The molecule has 0 bridgehead atoms. The average Bonchev–Trinajstić information content (AvgIpc) is 2.83. The van der Waals surface area contributed by atoms with Crippen LogP contribution in [-0.2, 0) is 6.42 Å². The van der Waals surface area contributed by atoms with Crippen LogP contribution in [0.2, 0.25) is 5.02 Å². The molecule has 0 aliphatic rings. The molecule has 6 nitrogen and oxygen atoms in total. The van der Waals surface area contributed by atoms with E-state index in [2.05, 4.69) is 28.9 Å². The topological polar surface area (TPSA) is 72.3 Å². The molecule has 0 saturated heterocycles. The summed E-state index contributed by atoms with van der Waals surface area (Å²) in [6.45, 7) is 6.03. The molecule has 2 heterocycles. The molecule has 0 unspecified atom stereocenters. The second-order valence-electron chi connectivity index (χ2n) is 6.12. The molecule has 0 amide bonds. The van der Waals surface area contributed by atoms with E-state index in [4.69, 9.17) is 16.3 Å². The van der Waals surface area contributed by atoms with E-state index in [1.807, 2.05) is 6.92 Å². The van der Waals surface area contributed by atoms with Crippen LogP contribution in [0, 0.1) is 12.8 Å². The summed E-state index contributed by atoms with van der Waals surface area (Å²) in [5.74, 6) is 2.21. The zero-order valence-electron chi connectivity index (χ0n) is 14.1. The number of methoxy groups -OCH3 is 1. The van der Waals surface area contributed by atoms with Gasteiger partial charge in [0.25, 0.3) is 5.56 Å². The van der Waals surface area contributed by atoms with Crippen molar-refractivity contribution in [3.63, 3.8) is 0 Å². The number of aromatic amines is 1. The smallest absolute Gasteiger partial charge is 0.277 e. The van der Waals surface area contributed by atoms with Crippen molar-refractivity contribution in [3.05, 3.63) is 45.1 Å². The molecule has 0 aliphatic carbocycles. The Hall–Kier alpha value is -2.34. The minimum absolute atomic E-state index is 0.216. The average molecular weight is 347 g/mol. The van der Waals surface area contributed by atoms with Crippen molar-refractivity contribution < 1.29 is 4.74 Å². The fraction of sp³-hybridized carbons (Fsp3) is 0.353. The first-order valence-corrected chi connectivity index (χ1v) is 8.11. The maximum atomic E-state index is 12.5. The number of aromatic nitrogens is 4. The molecule has 0 fully saturated rings. The van der Waals surface area contributed by atoms with Crippen molar-refractivity contribution >= 4 is 17.1 Å². The van der Waals surface area contributed by atoms with Crippen LogP contribution in [0.4, 0.5) is 0 Å². The summed E-state index contributed by atoms with van der Waals surface area (Å²) in [5, 5.41) is 5.04. The molecule has 7 heteroatoms. The molecule has 0 saturated carbocycles. The van der Waals surface area contributed by atoms with E-state index in [1.54, 1.807) is 29.8 Å². The summed E-state index contributed by atoms with van der Waals surface area (Å²) in [4.78, 5) is 19.8. The van der Waals surface area contributed by atoms with Crippen LogP contribution in [0.1, 0.15) is 25.4 Å². The summed E-state index contributed by atoms with van der Waals surface area (Å²) >= 11 is 6.18. The Morgan fingerprint density at radius 2 is 2.12 bits per heavy atom. The van der Waals surface area contributed by atoms with Crippen LogP contribution in [0.3, 0.4) is 0 Å². The summed E-state index contributed by atoms with van der Waals surface area (Å²) in [6, 6.07) is 5.27. The van der Waals surface area contributed by atoms with Crippen molar-refractivity contribution in [1.29, 1.82) is 0 Å². The summed E-state index contributed by atoms with van der Waals surface area (Å²) < 4.78 is 6.80. The SMILES string of the molecule is COc1ccc(-c2nn3c(CC(C)C)nc(C)c3c(=O)[nH]2)cc1Cl. The Kier molecular flexibility index (Phi) is 4.32. The van der Waals surface area contributed by atoms with Gasteiger partial charge in [-0.3, -0.25) is 4.79 Å². The van der Waals surface area contributed by atoms with Gasteiger partial charge in [0.05, 0.1) is 17.8 Å². The Morgan fingerprint density at radius 1 is 1.38 bits per heavy atom. The highest BCUT2D eigenvalue weighted by Gasteiger charge is 2.16. The Bertz CT molecular complexity index is 959. The molecular weight excluding hydrogens is 328 g/mol. The van der Waals surface area contributed by atoms with Gasteiger partial charge in [-0.15, -0.1) is 5.10 Å². The van der Waals surface area contributed by atoms with Crippen LogP contribution in [0.5, 0.6) is 5.75 Å². The van der Waals surface area contributed by atoms with Gasteiger partial charge in [-0.2, -0.15) is 0 Å². The number of fused-ring (bicyclic) bond motifs is 1. The molecule has 0 spiro atoms. The molecule has 1 aromatic carbocycles. The van der Waals surface area contributed by atoms with Crippen LogP contribution < -0.4 is 10.3 Å². The number of hydrogen-bond acceptors (Lipinski definition) is 4. The van der Waals surface area contributed by atoms with Gasteiger partial charge in [0.2, 0.25) is 0 Å². The number of rotatable bonds is 4. The second kappa shape index (κ2) is 6.28. The molecular formula is C17H19ClN4O2.